The minimum Gasteiger partial charge on any atom is -0.324 e. The maximum absolute atomic E-state index is 12.9. The molecular weight excluding hydrogens is 335 g/mol. The zero-order valence-corrected chi connectivity index (χ0v) is 14.0. The third-order valence-electron chi connectivity index (χ3n) is 3.80. The van der Waals surface area contributed by atoms with E-state index < -0.39 is 11.9 Å². The molecule has 0 aliphatic carbocycles. The van der Waals surface area contributed by atoms with Gasteiger partial charge in [-0.1, -0.05) is 6.07 Å². The Labute approximate surface area is 149 Å². The molecule has 2 N–H and O–H groups in total. The number of carbonyl (C=O) groups excluding carboxylic acids is 2. The molecule has 7 heteroatoms. The highest BCUT2D eigenvalue weighted by Gasteiger charge is 2.15. The van der Waals surface area contributed by atoms with Crippen molar-refractivity contribution >= 4 is 23.2 Å². The van der Waals surface area contributed by atoms with Crippen molar-refractivity contribution in [1.29, 1.82) is 0 Å². The predicted molar refractivity (Wildman–Crippen MR) is 96.4 cm³/mol. The molecule has 0 fully saturated rings. The maximum atomic E-state index is 12.9. The predicted octanol–water partition coefficient (Wildman–Crippen LogP) is 3.47. The summed E-state index contributed by atoms with van der Waals surface area (Å²) in [5, 5.41) is 9.56. The van der Waals surface area contributed by atoms with Crippen LogP contribution < -0.4 is 10.6 Å². The lowest BCUT2D eigenvalue weighted by molar-refractivity contribution is -0.119. The summed E-state index contributed by atoms with van der Waals surface area (Å²) in [7, 11) is 0. The van der Waals surface area contributed by atoms with Gasteiger partial charge in [0.15, 0.2) is 0 Å². The van der Waals surface area contributed by atoms with Gasteiger partial charge < -0.3 is 10.6 Å². The number of amides is 2. The van der Waals surface area contributed by atoms with E-state index in [-0.39, 0.29) is 11.8 Å². The van der Waals surface area contributed by atoms with Gasteiger partial charge in [0.1, 0.15) is 11.9 Å². The van der Waals surface area contributed by atoms with E-state index in [0.29, 0.717) is 16.9 Å². The van der Waals surface area contributed by atoms with Gasteiger partial charge in [-0.25, -0.2) is 4.39 Å². The summed E-state index contributed by atoms with van der Waals surface area (Å²) < 4.78 is 14.5. The Balaban J connectivity index is 1.67. The topological polar surface area (TPSA) is 76.0 Å². The maximum Gasteiger partial charge on any atom is 0.255 e. The van der Waals surface area contributed by atoms with Crippen molar-refractivity contribution < 1.29 is 14.0 Å². The summed E-state index contributed by atoms with van der Waals surface area (Å²) in [4.78, 5) is 24.5. The molecule has 1 aromatic heterocycles. The number of benzene rings is 2. The molecule has 3 rings (SSSR count). The van der Waals surface area contributed by atoms with Gasteiger partial charge in [0.2, 0.25) is 5.91 Å². The van der Waals surface area contributed by atoms with E-state index in [1.807, 2.05) is 0 Å². The summed E-state index contributed by atoms with van der Waals surface area (Å²) in [6.07, 6.45) is 3.32. The number of halogens is 1. The lowest BCUT2D eigenvalue weighted by atomic mass is 10.2. The van der Waals surface area contributed by atoms with Crippen LogP contribution in [0.4, 0.5) is 15.8 Å². The Morgan fingerprint density at radius 3 is 2.38 bits per heavy atom. The van der Waals surface area contributed by atoms with Gasteiger partial charge in [0.05, 0.1) is 0 Å². The fraction of sp³-hybridized carbons (Fsp3) is 0.105. The Morgan fingerprint density at radius 2 is 1.73 bits per heavy atom. The lowest BCUT2D eigenvalue weighted by Gasteiger charge is -2.13. The van der Waals surface area contributed by atoms with Crippen LogP contribution in [0.3, 0.4) is 0 Å². The first-order valence-corrected chi connectivity index (χ1v) is 8.00. The standard InChI is InChI=1S/C19H17FN4O2/c1-13(24-11-3-10-21-24)18(25)22-16-4-2-5-17(12-16)23-19(26)14-6-8-15(20)9-7-14/h2-13H,1H3,(H,22,25)(H,23,26). The second-order valence-corrected chi connectivity index (χ2v) is 5.69. The van der Waals surface area contributed by atoms with Gasteiger partial charge >= 0.3 is 0 Å². The van der Waals surface area contributed by atoms with E-state index in [0.717, 1.165) is 0 Å². The third-order valence-corrected chi connectivity index (χ3v) is 3.80. The van der Waals surface area contributed by atoms with E-state index in [1.54, 1.807) is 54.3 Å². The number of aromatic nitrogens is 2. The van der Waals surface area contributed by atoms with Crippen LogP contribution in [-0.2, 0) is 4.79 Å². The summed E-state index contributed by atoms with van der Waals surface area (Å²) in [5.74, 6) is -0.994. The molecule has 1 unspecified atom stereocenters. The minimum atomic E-state index is -0.470. The van der Waals surface area contributed by atoms with Gasteiger partial charge in [-0.15, -0.1) is 0 Å². The molecule has 1 atom stereocenters. The van der Waals surface area contributed by atoms with E-state index in [9.17, 15) is 14.0 Å². The smallest absolute Gasteiger partial charge is 0.255 e. The van der Waals surface area contributed by atoms with Crippen LogP contribution in [0.1, 0.15) is 23.3 Å². The molecule has 0 spiro atoms. The summed E-state index contributed by atoms with van der Waals surface area (Å²) >= 11 is 0. The zero-order chi connectivity index (χ0) is 18.5. The molecule has 0 saturated heterocycles. The third kappa shape index (κ3) is 4.13. The molecule has 0 bridgehead atoms. The van der Waals surface area contributed by atoms with Crippen molar-refractivity contribution in [1.82, 2.24) is 9.78 Å². The molecule has 0 aliphatic rings. The van der Waals surface area contributed by atoms with Gasteiger partial charge in [-0.05, 0) is 55.5 Å². The van der Waals surface area contributed by atoms with Crippen molar-refractivity contribution in [2.45, 2.75) is 13.0 Å². The van der Waals surface area contributed by atoms with E-state index in [4.69, 9.17) is 0 Å². The van der Waals surface area contributed by atoms with Crippen LogP contribution in [0.5, 0.6) is 0 Å². The Kier molecular flexibility index (Phi) is 5.07. The highest BCUT2D eigenvalue weighted by Crippen LogP contribution is 2.18. The number of hydrogen-bond acceptors (Lipinski definition) is 3. The number of carbonyl (C=O) groups is 2. The molecule has 2 aromatic carbocycles. The normalized spacial score (nSPS) is 11.6. The molecule has 0 aliphatic heterocycles. The number of nitrogens with zero attached hydrogens (tertiary/aromatic N) is 2. The zero-order valence-electron chi connectivity index (χ0n) is 14.0. The molecule has 3 aromatic rings. The molecular formula is C19H17FN4O2. The van der Waals surface area contributed by atoms with Crippen LogP contribution in [0.25, 0.3) is 0 Å². The van der Waals surface area contributed by atoms with Crippen molar-refractivity contribution in [3.8, 4) is 0 Å². The van der Waals surface area contributed by atoms with Crippen molar-refractivity contribution in [3.05, 3.63) is 78.4 Å². The number of rotatable bonds is 5. The number of hydrogen-bond donors (Lipinski definition) is 2. The molecule has 0 radical (unpaired) electrons. The average Bonchev–Trinajstić information content (AvgIpc) is 3.16. The van der Waals surface area contributed by atoms with E-state index >= 15 is 0 Å². The summed E-state index contributed by atoms with van der Waals surface area (Å²) in [5.41, 5.74) is 1.41. The molecule has 132 valence electrons. The largest absolute Gasteiger partial charge is 0.324 e. The molecule has 26 heavy (non-hydrogen) atoms. The monoisotopic (exact) mass is 352 g/mol. The fourth-order valence-electron chi connectivity index (χ4n) is 2.36. The first-order valence-electron chi connectivity index (χ1n) is 8.00. The van der Waals surface area contributed by atoms with Crippen LogP contribution in [0, 0.1) is 5.82 Å². The second kappa shape index (κ2) is 7.60. The van der Waals surface area contributed by atoms with Crippen LogP contribution >= 0.6 is 0 Å². The quantitative estimate of drug-likeness (QED) is 0.738. The highest BCUT2D eigenvalue weighted by molar-refractivity contribution is 6.04. The lowest BCUT2D eigenvalue weighted by Crippen LogP contribution is -2.24. The molecule has 6 nitrogen and oxygen atoms in total. The number of nitrogens with one attached hydrogen (secondary N) is 2. The second-order valence-electron chi connectivity index (χ2n) is 5.69. The van der Waals surface area contributed by atoms with Crippen molar-refractivity contribution in [2.24, 2.45) is 0 Å². The van der Waals surface area contributed by atoms with Crippen molar-refractivity contribution in [3.63, 3.8) is 0 Å². The first kappa shape index (κ1) is 17.3. The molecule has 0 saturated carbocycles. The SMILES string of the molecule is CC(C(=O)Nc1cccc(NC(=O)c2ccc(F)cc2)c1)n1cccn1. The average molecular weight is 352 g/mol. The Bertz CT molecular complexity index is 908. The summed E-state index contributed by atoms with van der Waals surface area (Å²) in [6, 6.07) is 13.3. The van der Waals surface area contributed by atoms with Gasteiger partial charge in [0.25, 0.3) is 5.91 Å². The van der Waals surface area contributed by atoms with E-state index in [2.05, 4.69) is 15.7 Å². The van der Waals surface area contributed by atoms with Gasteiger partial charge in [-0.3, -0.25) is 14.3 Å². The van der Waals surface area contributed by atoms with Gasteiger partial charge in [-0.2, -0.15) is 5.10 Å². The minimum absolute atomic E-state index is 0.226. The van der Waals surface area contributed by atoms with Crippen LogP contribution in [0.15, 0.2) is 67.0 Å². The fourth-order valence-corrected chi connectivity index (χ4v) is 2.36. The Hall–Kier alpha value is -3.48. The number of anilines is 2. The molecule has 2 amide bonds. The summed E-state index contributed by atoms with van der Waals surface area (Å²) in [6.45, 7) is 1.74. The Morgan fingerprint density at radius 1 is 1.04 bits per heavy atom. The van der Waals surface area contributed by atoms with Crippen LogP contribution in [0.2, 0.25) is 0 Å². The van der Waals surface area contributed by atoms with E-state index in [1.165, 1.54) is 24.3 Å². The van der Waals surface area contributed by atoms with Crippen LogP contribution in [-0.4, -0.2) is 21.6 Å². The van der Waals surface area contributed by atoms with Crippen molar-refractivity contribution in [2.75, 3.05) is 10.6 Å². The van der Waals surface area contributed by atoms with Gasteiger partial charge in [0, 0.05) is 29.3 Å². The first-order chi connectivity index (χ1) is 12.5. The highest BCUT2D eigenvalue weighted by atomic mass is 19.1. The molecule has 1 heterocycles.